The van der Waals surface area contributed by atoms with E-state index in [0.717, 1.165) is 30.5 Å². The van der Waals surface area contributed by atoms with Crippen LogP contribution in [-0.2, 0) is 16.1 Å². The van der Waals surface area contributed by atoms with Gasteiger partial charge in [-0.15, -0.1) is 0 Å². The summed E-state index contributed by atoms with van der Waals surface area (Å²) in [6, 6.07) is 16.9. The van der Waals surface area contributed by atoms with Crippen molar-refractivity contribution >= 4 is 29.1 Å². The highest BCUT2D eigenvalue weighted by atomic mass is 16.2. The maximum Gasteiger partial charge on any atom is 0.250 e. The molecule has 4 rings (SSSR count). The molecule has 2 amide bonds. The Morgan fingerprint density at radius 2 is 1.75 bits per heavy atom. The first-order chi connectivity index (χ1) is 15.5. The van der Waals surface area contributed by atoms with E-state index in [0.29, 0.717) is 18.5 Å². The van der Waals surface area contributed by atoms with Gasteiger partial charge in [0.15, 0.2) is 0 Å². The number of amides is 2. The number of anilines is 3. The van der Waals surface area contributed by atoms with Crippen LogP contribution in [0.3, 0.4) is 0 Å². The van der Waals surface area contributed by atoms with E-state index in [1.165, 1.54) is 4.68 Å². The van der Waals surface area contributed by atoms with Crippen molar-refractivity contribution in [2.24, 2.45) is 0 Å². The fraction of sp³-hybridized carbons (Fsp3) is 0.348. The van der Waals surface area contributed by atoms with Crippen molar-refractivity contribution in [3.05, 3.63) is 60.2 Å². The molecule has 1 heterocycles. The molecule has 0 aliphatic heterocycles. The number of nitrogens with one attached hydrogen (secondary N) is 1. The minimum absolute atomic E-state index is 0.0495. The third-order valence-electron chi connectivity index (χ3n) is 6.03. The van der Waals surface area contributed by atoms with Crippen LogP contribution in [0.25, 0.3) is 0 Å². The van der Waals surface area contributed by atoms with Crippen LogP contribution in [0.5, 0.6) is 0 Å². The van der Waals surface area contributed by atoms with Gasteiger partial charge in [0.2, 0.25) is 11.9 Å². The number of carbonyl (C=O) groups is 2. The molecule has 0 spiro atoms. The van der Waals surface area contributed by atoms with Crippen molar-refractivity contribution in [3.63, 3.8) is 0 Å². The number of hydrogen-bond donors (Lipinski definition) is 2. The number of aryl methyl sites for hydroxylation is 1. The van der Waals surface area contributed by atoms with Crippen molar-refractivity contribution in [1.29, 1.82) is 0 Å². The molecule has 1 fully saturated rings. The summed E-state index contributed by atoms with van der Waals surface area (Å²) in [6.07, 6.45) is 3.86. The highest BCUT2D eigenvalue weighted by Crippen LogP contribution is 2.38. The number of carbonyl (C=O) groups excluding carboxylic acids is 2. The summed E-state index contributed by atoms with van der Waals surface area (Å²) < 4.78 is 1.24. The van der Waals surface area contributed by atoms with Gasteiger partial charge in [-0.2, -0.15) is 0 Å². The van der Waals surface area contributed by atoms with Crippen molar-refractivity contribution in [2.45, 2.75) is 51.1 Å². The second kappa shape index (κ2) is 9.17. The fourth-order valence-corrected chi connectivity index (χ4v) is 4.37. The first-order valence-corrected chi connectivity index (χ1v) is 10.8. The number of tetrazole rings is 1. The molecule has 1 saturated carbocycles. The van der Waals surface area contributed by atoms with Gasteiger partial charge in [-0.25, -0.2) is 4.68 Å². The Kier molecular flexibility index (Phi) is 6.16. The number of benzene rings is 2. The molecule has 1 aliphatic carbocycles. The Morgan fingerprint density at radius 1 is 1.06 bits per heavy atom. The molecular weight excluding hydrogens is 406 g/mol. The topological polar surface area (TPSA) is 119 Å². The van der Waals surface area contributed by atoms with Crippen LogP contribution in [0.15, 0.2) is 54.6 Å². The monoisotopic (exact) mass is 433 g/mol. The second-order valence-electron chi connectivity index (χ2n) is 8.12. The average molecular weight is 434 g/mol. The Morgan fingerprint density at radius 3 is 2.41 bits per heavy atom. The summed E-state index contributed by atoms with van der Waals surface area (Å²) in [4.78, 5) is 29.1. The highest BCUT2D eigenvalue weighted by Gasteiger charge is 2.48. The van der Waals surface area contributed by atoms with Gasteiger partial charge in [0.1, 0.15) is 12.1 Å². The maximum atomic E-state index is 13.9. The van der Waals surface area contributed by atoms with Gasteiger partial charge >= 0.3 is 0 Å². The van der Waals surface area contributed by atoms with E-state index >= 15 is 0 Å². The Bertz CT molecular complexity index is 1090. The van der Waals surface area contributed by atoms with Gasteiger partial charge in [-0.05, 0) is 54.0 Å². The van der Waals surface area contributed by atoms with Crippen molar-refractivity contribution < 1.29 is 9.59 Å². The molecule has 1 aromatic heterocycles. The molecule has 0 atom stereocenters. The molecule has 3 aromatic rings. The maximum absolute atomic E-state index is 13.9. The summed E-state index contributed by atoms with van der Waals surface area (Å²) in [5.41, 5.74) is 7.13. The van der Waals surface area contributed by atoms with Gasteiger partial charge in [0, 0.05) is 11.4 Å². The van der Waals surface area contributed by atoms with Gasteiger partial charge in [-0.3, -0.25) is 14.5 Å². The summed E-state index contributed by atoms with van der Waals surface area (Å²) in [5, 5.41) is 14.1. The number of nitrogens with two attached hydrogens (primary N) is 1. The molecule has 32 heavy (non-hydrogen) atoms. The third-order valence-corrected chi connectivity index (χ3v) is 6.03. The van der Waals surface area contributed by atoms with E-state index < -0.39 is 5.54 Å². The van der Waals surface area contributed by atoms with Crippen LogP contribution in [0.1, 0.15) is 37.7 Å². The predicted molar refractivity (Wildman–Crippen MR) is 122 cm³/mol. The number of rotatable bonds is 6. The molecule has 2 aromatic carbocycles. The summed E-state index contributed by atoms with van der Waals surface area (Å²) in [7, 11) is 0. The lowest BCUT2D eigenvalue weighted by Gasteiger charge is -2.45. The average Bonchev–Trinajstić information content (AvgIpc) is 3.21. The summed E-state index contributed by atoms with van der Waals surface area (Å²) >= 11 is 0. The summed E-state index contributed by atoms with van der Waals surface area (Å²) in [5.74, 6) is -0.432. The minimum Gasteiger partial charge on any atom is -0.367 e. The smallest absolute Gasteiger partial charge is 0.250 e. The van der Waals surface area contributed by atoms with Gasteiger partial charge < -0.3 is 11.1 Å². The Hall–Kier alpha value is -3.75. The number of para-hydroxylation sites is 2. The predicted octanol–water partition coefficient (Wildman–Crippen LogP) is 2.94. The third kappa shape index (κ3) is 4.18. The molecule has 0 bridgehead atoms. The molecule has 0 saturated heterocycles. The molecular formula is C23H27N7O2. The number of hydrogen-bond acceptors (Lipinski definition) is 6. The zero-order valence-electron chi connectivity index (χ0n) is 18.1. The number of nitrogens with zero attached hydrogens (tertiary/aromatic N) is 5. The van der Waals surface area contributed by atoms with Crippen molar-refractivity contribution in [3.8, 4) is 0 Å². The number of nitrogen functional groups attached to an aromatic ring is 1. The zero-order chi connectivity index (χ0) is 22.6. The van der Waals surface area contributed by atoms with E-state index in [2.05, 4.69) is 20.8 Å². The van der Waals surface area contributed by atoms with Crippen molar-refractivity contribution in [1.82, 2.24) is 20.2 Å². The van der Waals surface area contributed by atoms with Gasteiger partial charge in [-0.1, -0.05) is 60.8 Å². The second-order valence-corrected chi connectivity index (χ2v) is 8.12. The molecule has 9 nitrogen and oxygen atoms in total. The van der Waals surface area contributed by atoms with Crippen molar-refractivity contribution in [2.75, 3.05) is 16.0 Å². The standard InChI is InChI=1S/C23H27N7O2/c1-17-10-6-7-13-19(17)25-21(32)23(14-8-3-9-15-23)30(18-11-4-2-5-12-18)20(31)16-29-22(24)26-27-28-29/h2,4-7,10-13H,3,8-9,14-16H2,1H3,(H,25,32)(H2,24,26,28). The lowest BCUT2D eigenvalue weighted by Crippen LogP contribution is -2.61. The Labute approximate surface area is 186 Å². The lowest BCUT2D eigenvalue weighted by atomic mass is 9.78. The van der Waals surface area contributed by atoms with Gasteiger partial charge in [0.25, 0.3) is 5.91 Å². The Balaban J connectivity index is 1.75. The van der Waals surface area contributed by atoms with E-state index in [9.17, 15) is 9.59 Å². The zero-order valence-corrected chi connectivity index (χ0v) is 18.1. The van der Waals surface area contributed by atoms with Crippen LogP contribution in [0.4, 0.5) is 17.3 Å². The fourth-order valence-electron chi connectivity index (χ4n) is 4.37. The van der Waals surface area contributed by atoms with Gasteiger partial charge in [0.05, 0.1) is 0 Å². The quantitative estimate of drug-likeness (QED) is 0.617. The van der Waals surface area contributed by atoms with E-state index in [-0.39, 0.29) is 24.3 Å². The highest BCUT2D eigenvalue weighted by molar-refractivity contribution is 6.08. The lowest BCUT2D eigenvalue weighted by molar-refractivity contribution is -0.128. The van der Waals surface area contributed by atoms with E-state index in [1.807, 2.05) is 61.5 Å². The van der Waals surface area contributed by atoms with Crippen LogP contribution >= 0.6 is 0 Å². The van der Waals surface area contributed by atoms with Crippen LogP contribution in [-0.4, -0.2) is 37.6 Å². The normalized spacial score (nSPS) is 15.2. The molecule has 166 valence electrons. The molecule has 0 unspecified atom stereocenters. The van der Waals surface area contributed by atoms with Crippen LogP contribution < -0.4 is 16.0 Å². The minimum atomic E-state index is -1.03. The van der Waals surface area contributed by atoms with E-state index in [4.69, 9.17) is 5.73 Å². The largest absolute Gasteiger partial charge is 0.367 e. The summed E-state index contributed by atoms with van der Waals surface area (Å²) in [6.45, 7) is 1.79. The molecule has 1 aliphatic rings. The van der Waals surface area contributed by atoms with E-state index in [1.54, 1.807) is 4.90 Å². The SMILES string of the molecule is Cc1ccccc1NC(=O)C1(N(C(=O)Cn2nnnc2N)c2ccccc2)CCCCC1. The molecule has 0 radical (unpaired) electrons. The van der Waals surface area contributed by atoms with Crippen LogP contribution in [0.2, 0.25) is 0 Å². The molecule has 9 heteroatoms. The number of aromatic nitrogens is 4. The molecule has 3 N–H and O–H groups in total. The first kappa shape index (κ1) is 21.5. The van der Waals surface area contributed by atoms with Crippen LogP contribution in [0, 0.1) is 6.92 Å². The first-order valence-electron chi connectivity index (χ1n) is 10.8.